The molecule has 1 N–H and O–H groups in total. The number of aliphatic hydroxyl groups excluding tert-OH is 1. The zero-order valence-corrected chi connectivity index (χ0v) is 15.8. The van der Waals surface area contributed by atoms with Crippen molar-refractivity contribution in [2.75, 3.05) is 44.2 Å². The number of benzene rings is 1. The molecule has 2 aromatic rings. The number of aromatic nitrogens is 1. The number of β-amino-alcohol motifs (C(OH)–C–C–N with tert-alkyl or cyclic N) is 1. The Balaban J connectivity index is 1.39. The third-order valence-electron chi connectivity index (χ3n) is 4.47. The van der Waals surface area contributed by atoms with Gasteiger partial charge in [-0.15, -0.1) is 11.3 Å². The summed E-state index contributed by atoms with van der Waals surface area (Å²) in [7, 11) is 0. The summed E-state index contributed by atoms with van der Waals surface area (Å²) in [6.07, 6.45) is 1.78. The van der Waals surface area contributed by atoms with Crippen LogP contribution in [0.4, 0.5) is 5.13 Å². The van der Waals surface area contributed by atoms with Crippen LogP contribution in [0.5, 0.6) is 5.75 Å². The molecule has 1 aromatic heterocycles. The molecular weight excluding hydrogens is 350 g/mol. The van der Waals surface area contributed by atoms with Crippen molar-refractivity contribution >= 4 is 22.3 Å². The zero-order chi connectivity index (χ0) is 18.4. The van der Waals surface area contributed by atoms with E-state index in [1.165, 1.54) is 0 Å². The van der Waals surface area contributed by atoms with Gasteiger partial charge in [0, 0.05) is 56.3 Å². The fraction of sp³-hybridized carbons (Fsp3) is 0.474. The summed E-state index contributed by atoms with van der Waals surface area (Å²) in [6, 6.07) is 7.10. The molecule has 7 heteroatoms. The number of carbonyl (C=O) groups excluding carboxylic acids is 1. The summed E-state index contributed by atoms with van der Waals surface area (Å²) >= 11 is 1.66. The van der Waals surface area contributed by atoms with E-state index in [0.29, 0.717) is 24.3 Å². The van der Waals surface area contributed by atoms with Gasteiger partial charge in [-0.25, -0.2) is 4.98 Å². The van der Waals surface area contributed by atoms with Crippen molar-refractivity contribution in [2.45, 2.75) is 19.4 Å². The summed E-state index contributed by atoms with van der Waals surface area (Å²) in [5.74, 6) is 0.791. The zero-order valence-electron chi connectivity index (χ0n) is 15.0. The maximum absolute atomic E-state index is 11.6. The topological polar surface area (TPSA) is 65.9 Å². The number of carbonyl (C=O) groups is 1. The Morgan fingerprint density at radius 1 is 1.27 bits per heavy atom. The maximum atomic E-state index is 11.6. The normalized spacial score (nSPS) is 16.5. The second-order valence-electron chi connectivity index (χ2n) is 6.37. The van der Waals surface area contributed by atoms with Crippen molar-refractivity contribution in [1.82, 2.24) is 9.88 Å². The Kier molecular flexibility index (Phi) is 6.60. The molecule has 6 nitrogen and oxygen atoms in total. The van der Waals surface area contributed by atoms with E-state index in [9.17, 15) is 9.90 Å². The number of nitrogens with zero attached hydrogens (tertiary/aromatic N) is 3. The number of piperazine rings is 1. The first kappa shape index (κ1) is 18.8. The molecule has 1 aromatic carbocycles. The SMILES string of the molecule is CCC(=O)c1ccc(OCC(O)CN2CCN(c3nccs3)CC2)cc1. The molecule has 0 radical (unpaired) electrons. The van der Waals surface area contributed by atoms with Gasteiger partial charge in [0.2, 0.25) is 0 Å². The average Bonchev–Trinajstić information content (AvgIpc) is 3.21. The van der Waals surface area contributed by atoms with E-state index in [0.717, 1.165) is 31.3 Å². The van der Waals surface area contributed by atoms with Crippen LogP contribution < -0.4 is 9.64 Å². The standard InChI is InChI=1S/C19H25N3O3S/c1-2-18(24)15-3-5-17(6-4-15)25-14-16(23)13-21-8-10-22(11-9-21)19-20-7-12-26-19/h3-7,12,16,23H,2,8-11,13-14H2,1H3. The van der Waals surface area contributed by atoms with Crippen LogP contribution >= 0.6 is 11.3 Å². The van der Waals surface area contributed by atoms with Crippen LogP contribution in [0.3, 0.4) is 0 Å². The number of anilines is 1. The van der Waals surface area contributed by atoms with Gasteiger partial charge in [-0.1, -0.05) is 6.92 Å². The average molecular weight is 375 g/mol. The minimum absolute atomic E-state index is 0.119. The Morgan fingerprint density at radius 3 is 2.62 bits per heavy atom. The van der Waals surface area contributed by atoms with E-state index in [2.05, 4.69) is 14.8 Å². The van der Waals surface area contributed by atoms with Gasteiger partial charge in [0.25, 0.3) is 0 Å². The molecule has 0 amide bonds. The molecular formula is C19H25N3O3S. The molecule has 0 bridgehead atoms. The molecule has 1 saturated heterocycles. The van der Waals surface area contributed by atoms with Gasteiger partial charge in [0.15, 0.2) is 10.9 Å². The fourth-order valence-corrected chi connectivity index (χ4v) is 3.67. The number of thiazole rings is 1. The smallest absolute Gasteiger partial charge is 0.185 e. The van der Waals surface area contributed by atoms with Gasteiger partial charge in [-0.2, -0.15) is 0 Å². The first-order valence-corrected chi connectivity index (χ1v) is 9.84. The molecule has 140 valence electrons. The molecule has 0 saturated carbocycles. The van der Waals surface area contributed by atoms with Crippen LogP contribution in [0.15, 0.2) is 35.8 Å². The predicted molar refractivity (Wildman–Crippen MR) is 103 cm³/mol. The van der Waals surface area contributed by atoms with E-state index >= 15 is 0 Å². The summed E-state index contributed by atoms with van der Waals surface area (Å²) in [6.45, 7) is 6.35. The van der Waals surface area contributed by atoms with E-state index < -0.39 is 6.10 Å². The lowest BCUT2D eigenvalue weighted by Crippen LogP contribution is -2.49. The summed E-state index contributed by atoms with van der Waals surface area (Å²) in [5, 5.41) is 13.3. The van der Waals surface area contributed by atoms with Gasteiger partial charge in [0.1, 0.15) is 18.5 Å². The number of hydrogen-bond donors (Lipinski definition) is 1. The second kappa shape index (κ2) is 9.12. The molecule has 0 aliphatic carbocycles. The van der Waals surface area contributed by atoms with Crippen LogP contribution in [0.2, 0.25) is 0 Å². The molecule has 1 aliphatic rings. The summed E-state index contributed by atoms with van der Waals surface area (Å²) in [5.41, 5.74) is 0.693. The van der Waals surface area contributed by atoms with E-state index in [4.69, 9.17) is 4.74 Å². The number of ether oxygens (including phenoxy) is 1. The second-order valence-corrected chi connectivity index (χ2v) is 7.24. The lowest BCUT2D eigenvalue weighted by Gasteiger charge is -2.35. The van der Waals surface area contributed by atoms with Crippen molar-refractivity contribution in [1.29, 1.82) is 0 Å². The molecule has 1 fully saturated rings. The van der Waals surface area contributed by atoms with E-state index in [1.807, 2.05) is 18.5 Å². The number of hydrogen-bond acceptors (Lipinski definition) is 7. The lowest BCUT2D eigenvalue weighted by molar-refractivity contribution is 0.0663. The van der Waals surface area contributed by atoms with Crippen LogP contribution in [-0.4, -0.2) is 66.2 Å². The number of Topliss-reactive ketones (excluding diaryl/α,β-unsaturated/α-hetero) is 1. The maximum Gasteiger partial charge on any atom is 0.185 e. The molecule has 1 aliphatic heterocycles. The van der Waals surface area contributed by atoms with Gasteiger partial charge in [-0.05, 0) is 24.3 Å². The number of rotatable bonds is 8. The minimum Gasteiger partial charge on any atom is -0.491 e. The van der Waals surface area contributed by atoms with Gasteiger partial charge in [0.05, 0.1) is 0 Å². The fourth-order valence-electron chi connectivity index (χ4n) is 2.98. The molecule has 2 heterocycles. The van der Waals surface area contributed by atoms with Crippen molar-refractivity contribution in [3.05, 3.63) is 41.4 Å². The lowest BCUT2D eigenvalue weighted by atomic mass is 10.1. The van der Waals surface area contributed by atoms with E-state index in [1.54, 1.807) is 35.6 Å². The highest BCUT2D eigenvalue weighted by Crippen LogP contribution is 2.19. The third-order valence-corrected chi connectivity index (χ3v) is 5.30. The van der Waals surface area contributed by atoms with Crippen molar-refractivity contribution in [3.8, 4) is 5.75 Å². The van der Waals surface area contributed by atoms with Gasteiger partial charge < -0.3 is 14.7 Å². The van der Waals surface area contributed by atoms with Crippen molar-refractivity contribution in [3.63, 3.8) is 0 Å². The molecule has 1 unspecified atom stereocenters. The quantitative estimate of drug-likeness (QED) is 0.714. The summed E-state index contributed by atoms with van der Waals surface area (Å²) in [4.78, 5) is 20.5. The predicted octanol–water partition coefficient (Wildman–Crippen LogP) is 2.30. The monoisotopic (exact) mass is 375 g/mol. The van der Waals surface area contributed by atoms with Crippen LogP contribution in [0.25, 0.3) is 0 Å². The Morgan fingerprint density at radius 2 is 2.00 bits per heavy atom. The van der Waals surface area contributed by atoms with Crippen LogP contribution in [0.1, 0.15) is 23.7 Å². The van der Waals surface area contributed by atoms with Crippen molar-refractivity contribution < 1.29 is 14.6 Å². The molecule has 1 atom stereocenters. The first-order chi connectivity index (χ1) is 12.7. The molecule has 3 rings (SSSR count). The highest BCUT2D eigenvalue weighted by molar-refractivity contribution is 7.13. The molecule has 0 spiro atoms. The van der Waals surface area contributed by atoms with Crippen LogP contribution in [-0.2, 0) is 0 Å². The molecule has 26 heavy (non-hydrogen) atoms. The van der Waals surface area contributed by atoms with Gasteiger partial charge in [-0.3, -0.25) is 9.69 Å². The minimum atomic E-state index is -0.543. The Labute approximate surface area is 158 Å². The number of ketones is 1. The van der Waals surface area contributed by atoms with Gasteiger partial charge >= 0.3 is 0 Å². The summed E-state index contributed by atoms with van der Waals surface area (Å²) < 4.78 is 5.65. The van der Waals surface area contributed by atoms with E-state index in [-0.39, 0.29) is 12.4 Å². The van der Waals surface area contributed by atoms with Crippen molar-refractivity contribution in [2.24, 2.45) is 0 Å². The third kappa shape index (κ3) is 5.03. The Bertz CT molecular complexity index is 683. The largest absolute Gasteiger partial charge is 0.491 e. The Hall–Kier alpha value is -1.96. The first-order valence-electron chi connectivity index (χ1n) is 8.96. The highest BCUT2D eigenvalue weighted by Gasteiger charge is 2.20. The highest BCUT2D eigenvalue weighted by atomic mass is 32.1. The number of aliphatic hydroxyl groups is 1. The van der Waals surface area contributed by atoms with Crippen LogP contribution in [0, 0.1) is 0 Å².